The number of carbonyl (C=O) groups is 1. The van der Waals surface area contributed by atoms with Gasteiger partial charge in [-0.2, -0.15) is 4.98 Å². The van der Waals surface area contributed by atoms with Crippen LogP contribution in [0.25, 0.3) is 0 Å². The maximum absolute atomic E-state index is 12.3. The van der Waals surface area contributed by atoms with E-state index in [0.717, 1.165) is 42.6 Å². The fourth-order valence-electron chi connectivity index (χ4n) is 3.59. The largest absolute Gasteiger partial charge is 0.362 e. The van der Waals surface area contributed by atoms with Crippen molar-refractivity contribution >= 4 is 29.3 Å². The molecule has 1 aliphatic rings. The zero-order valence-corrected chi connectivity index (χ0v) is 17.5. The minimum absolute atomic E-state index is 0.0659. The number of halogens is 1. The Hall–Kier alpha value is -2.34. The smallest absolute Gasteiger partial charge is 0.224 e. The van der Waals surface area contributed by atoms with E-state index in [4.69, 9.17) is 11.6 Å². The second kappa shape index (κ2) is 9.24. The van der Waals surface area contributed by atoms with Crippen LogP contribution in [0.15, 0.2) is 30.5 Å². The molecule has 0 spiro atoms. The highest BCUT2D eigenvalue weighted by molar-refractivity contribution is 6.30. The third-order valence-corrected chi connectivity index (χ3v) is 5.32. The Labute approximate surface area is 171 Å². The van der Waals surface area contributed by atoms with Gasteiger partial charge in [-0.05, 0) is 50.3 Å². The van der Waals surface area contributed by atoms with Crippen molar-refractivity contribution in [1.82, 2.24) is 15.3 Å². The lowest BCUT2D eigenvalue weighted by atomic mass is 9.91. The Bertz CT molecular complexity index is 801. The van der Waals surface area contributed by atoms with Crippen LogP contribution in [-0.2, 0) is 11.2 Å². The molecule has 6 nitrogen and oxygen atoms in total. The molecule has 28 heavy (non-hydrogen) atoms. The highest BCUT2D eigenvalue weighted by Gasteiger charge is 2.23. The summed E-state index contributed by atoms with van der Waals surface area (Å²) in [7, 11) is 3.97. The number of rotatable bonds is 6. The fraction of sp³-hybridized carbons (Fsp3) is 0.476. The van der Waals surface area contributed by atoms with Gasteiger partial charge in [0, 0.05) is 43.0 Å². The quantitative estimate of drug-likeness (QED) is 0.774. The second-order valence-corrected chi connectivity index (χ2v) is 8.09. The molecular weight excluding hydrogens is 374 g/mol. The molecule has 1 aliphatic carbocycles. The first kappa shape index (κ1) is 20.4. The summed E-state index contributed by atoms with van der Waals surface area (Å²) < 4.78 is 0. The van der Waals surface area contributed by atoms with E-state index in [0.29, 0.717) is 23.4 Å². The molecule has 0 saturated heterocycles. The maximum Gasteiger partial charge on any atom is 0.224 e. The van der Waals surface area contributed by atoms with E-state index in [1.807, 2.05) is 56.4 Å². The number of benzene rings is 1. The van der Waals surface area contributed by atoms with Crippen LogP contribution in [0.1, 0.15) is 36.8 Å². The van der Waals surface area contributed by atoms with Crippen LogP contribution >= 0.6 is 11.6 Å². The van der Waals surface area contributed by atoms with Crippen LogP contribution in [0.4, 0.5) is 11.8 Å². The molecule has 0 bridgehead atoms. The van der Waals surface area contributed by atoms with E-state index < -0.39 is 0 Å². The lowest BCUT2D eigenvalue weighted by molar-refractivity contribution is -0.121. The van der Waals surface area contributed by atoms with Crippen LogP contribution in [0.3, 0.4) is 0 Å². The molecule has 1 heterocycles. The molecule has 1 saturated carbocycles. The minimum atomic E-state index is 0.0659. The molecular formula is C21H28ClN5O. The van der Waals surface area contributed by atoms with Crippen molar-refractivity contribution in [2.45, 2.75) is 51.1 Å². The molecule has 3 rings (SSSR count). The third-order valence-electron chi connectivity index (χ3n) is 5.07. The molecule has 0 radical (unpaired) electrons. The Morgan fingerprint density at radius 1 is 1.14 bits per heavy atom. The third kappa shape index (κ3) is 5.58. The van der Waals surface area contributed by atoms with Crippen LogP contribution in [0.5, 0.6) is 0 Å². The highest BCUT2D eigenvalue weighted by atomic mass is 35.5. The van der Waals surface area contributed by atoms with E-state index in [1.165, 1.54) is 0 Å². The lowest BCUT2D eigenvalue weighted by Gasteiger charge is -2.30. The Morgan fingerprint density at radius 2 is 1.79 bits per heavy atom. The van der Waals surface area contributed by atoms with Crippen molar-refractivity contribution in [2.75, 3.05) is 24.3 Å². The zero-order chi connectivity index (χ0) is 20.1. The summed E-state index contributed by atoms with van der Waals surface area (Å²) in [6.07, 6.45) is 6.13. The number of hydrogen-bond donors (Lipinski definition) is 2. The summed E-state index contributed by atoms with van der Waals surface area (Å²) in [5, 5.41) is 7.29. The van der Waals surface area contributed by atoms with E-state index in [9.17, 15) is 4.79 Å². The van der Waals surface area contributed by atoms with Crippen molar-refractivity contribution in [1.29, 1.82) is 0 Å². The normalized spacial score (nSPS) is 19.1. The molecule has 0 unspecified atom stereocenters. The minimum Gasteiger partial charge on any atom is -0.362 e. The first-order valence-corrected chi connectivity index (χ1v) is 10.1. The number of aromatic nitrogens is 2. The summed E-state index contributed by atoms with van der Waals surface area (Å²) in [6.45, 7) is 2.01. The molecule has 1 amide bonds. The monoisotopic (exact) mass is 401 g/mol. The molecule has 1 fully saturated rings. The first-order chi connectivity index (χ1) is 13.4. The first-order valence-electron chi connectivity index (χ1n) is 9.72. The van der Waals surface area contributed by atoms with Crippen molar-refractivity contribution in [3.8, 4) is 0 Å². The molecule has 2 N–H and O–H groups in total. The zero-order valence-electron chi connectivity index (χ0n) is 16.7. The van der Waals surface area contributed by atoms with Gasteiger partial charge in [-0.1, -0.05) is 23.7 Å². The Kier molecular flexibility index (Phi) is 6.73. The number of anilines is 2. The van der Waals surface area contributed by atoms with Crippen molar-refractivity contribution in [2.24, 2.45) is 0 Å². The van der Waals surface area contributed by atoms with E-state index in [2.05, 4.69) is 20.6 Å². The maximum atomic E-state index is 12.3. The van der Waals surface area contributed by atoms with Crippen LogP contribution in [0.2, 0.25) is 5.02 Å². The Balaban J connectivity index is 1.46. The number of aryl methyl sites for hydroxylation is 1. The van der Waals surface area contributed by atoms with Crippen LogP contribution in [0, 0.1) is 6.92 Å². The number of nitrogens with one attached hydrogen (secondary N) is 2. The second-order valence-electron chi connectivity index (χ2n) is 7.66. The van der Waals surface area contributed by atoms with Gasteiger partial charge in [-0.15, -0.1) is 0 Å². The van der Waals surface area contributed by atoms with Gasteiger partial charge in [0.25, 0.3) is 0 Å². The van der Waals surface area contributed by atoms with E-state index in [1.54, 1.807) is 0 Å². The molecule has 7 heteroatoms. The average Bonchev–Trinajstić information content (AvgIpc) is 2.66. The van der Waals surface area contributed by atoms with Crippen LogP contribution < -0.4 is 15.5 Å². The van der Waals surface area contributed by atoms with E-state index >= 15 is 0 Å². The van der Waals surface area contributed by atoms with Gasteiger partial charge < -0.3 is 15.5 Å². The Morgan fingerprint density at radius 3 is 2.43 bits per heavy atom. The summed E-state index contributed by atoms with van der Waals surface area (Å²) in [5.74, 6) is 1.67. The molecule has 0 aliphatic heterocycles. The number of amides is 1. The van der Waals surface area contributed by atoms with Gasteiger partial charge in [0.15, 0.2) is 0 Å². The van der Waals surface area contributed by atoms with Crippen molar-refractivity contribution in [3.05, 3.63) is 46.6 Å². The summed E-state index contributed by atoms with van der Waals surface area (Å²) >= 11 is 5.89. The average molecular weight is 402 g/mol. The molecule has 150 valence electrons. The van der Waals surface area contributed by atoms with Gasteiger partial charge in [0.05, 0.1) is 6.42 Å². The topological polar surface area (TPSA) is 70.1 Å². The predicted octanol–water partition coefficient (Wildman–Crippen LogP) is 3.59. The lowest BCUT2D eigenvalue weighted by Crippen LogP contribution is -2.40. The summed E-state index contributed by atoms with van der Waals surface area (Å²) in [6, 6.07) is 7.99. The van der Waals surface area contributed by atoms with Gasteiger partial charge in [-0.3, -0.25) is 4.79 Å². The van der Waals surface area contributed by atoms with Crippen LogP contribution in [-0.4, -0.2) is 42.1 Å². The van der Waals surface area contributed by atoms with Crippen molar-refractivity contribution < 1.29 is 4.79 Å². The van der Waals surface area contributed by atoms with Gasteiger partial charge in [-0.25, -0.2) is 4.98 Å². The van der Waals surface area contributed by atoms with E-state index in [-0.39, 0.29) is 11.9 Å². The standard InChI is InChI=1S/C21H28ClN5O/c1-14-13-23-21(26-20(14)27(2)3)25-18-10-8-17(9-11-18)24-19(28)12-15-4-6-16(22)7-5-15/h4-7,13,17-18H,8-12H2,1-3H3,(H,24,28)(H,23,25,26)/t17-,18+. The molecule has 2 aromatic rings. The van der Waals surface area contributed by atoms with Gasteiger partial charge >= 0.3 is 0 Å². The highest BCUT2D eigenvalue weighted by Crippen LogP contribution is 2.23. The summed E-state index contributed by atoms with van der Waals surface area (Å²) in [5.41, 5.74) is 2.04. The number of carbonyl (C=O) groups excluding carboxylic acids is 1. The molecule has 0 atom stereocenters. The van der Waals surface area contributed by atoms with Gasteiger partial charge in [0.2, 0.25) is 11.9 Å². The number of hydrogen-bond acceptors (Lipinski definition) is 5. The SMILES string of the molecule is Cc1cnc(N[C@H]2CC[C@@H](NC(=O)Cc3ccc(Cl)cc3)CC2)nc1N(C)C. The summed E-state index contributed by atoms with van der Waals surface area (Å²) in [4.78, 5) is 23.3. The van der Waals surface area contributed by atoms with Crippen molar-refractivity contribution in [3.63, 3.8) is 0 Å². The molecule has 1 aromatic carbocycles. The molecule has 1 aromatic heterocycles. The fourth-order valence-corrected chi connectivity index (χ4v) is 3.71. The predicted molar refractivity (Wildman–Crippen MR) is 114 cm³/mol. The number of nitrogens with zero attached hydrogens (tertiary/aromatic N) is 3. The van der Waals surface area contributed by atoms with Gasteiger partial charge in [0.1, 0.15) is 5.82 Å².